The lowest BCUT2D eigenvalue weighted by Gasteiger charge is -2.13. The number of carbonyl (C=O) groups excluding carboxylic acids is 1. The molecule has 100 valence electrons. The van der Waals surface area contributed by atoms with Gasteiger partial charge in [0.2, 0.25) is 0 Å². The highest BCUT2D eigenvalue weighted by Gasteiger charge is 2.33. The summed E-state index contributed by atoms with van der Waals surface area (Å²) >= 11 is 3.14. The smallest absolute Gasteiger partial charge is 0.418 e. The van der Waals surface area contributed by atoms with Crippen LogP contribution in [0.5, 0.6) is 0 Å². The van der Waals surface area contributed by atoms with Crippen LogP contribution in [0.2, 0.25) is 0 Å². The predicted octanol–water partition coefficient (Wildman–Crippen LogP) is 4.04. The van der Waals surface area contributed by atoms with E-state index in [4.69, 9.17) is 4.74 Å². The molecule has 0 atom stereocenters. The van der Waals surface area contributed by atoms with Gasteiger partial charge in [0.25, 0.3) is 0 Å². The Morgan fingerprint density at radius 3 is 2.61 bits per heavy atom. The zero-order valence-corrected chi connectivity index (χ0v) is 10.8. The predicted molar refractivity (Wildman–Crippen MR) is 64.8 cm³/mol. The van der Waals surface area contributed by atoms with Crippen LogP contribution in [-0.4, -0.2) is 18.0 Å². The summed E-state index contributed by atoms with van der Waals surface area (Å²) in [5, 5.41) is 2.73. The van der Waals surface area contributed by atoms with Crippen molar-refractivity contribution in [1.29, 1.82) is 0 Å². The van der Waals surface area contributed by atoms with E-state index in [-0.39, 0.29) is 12.3 Å². The largest absolute Gasteiger partial charge is 0.449 e. The summed E-state index contributed by atoms with van der Waals surface area (Å²) in [6.45, 7) is 0.144. The molecule has 0 unspecified atom stereocenters. The highest BCUT2D eigenvalue weighted by molar-refractivity contribution is 9.09. The maximum Gasteiger partial charge on any atom is 0.418 e. The van der Waals surface area contributed by atoms with Crippen LogP contribution in [0.3, 0.4) is 0 Å². The number of amides is 1. The van der Waals surface area contributed by atoms with Crippen LogP contribution < -0.4 is 5.32 Å². The summed E-state index contributed by atoms with van der Waals surface area (Å²) in [5.41, 5.74) is -1.21. The Kier molecular flexibility index (Phi) is 5.46. The molecule has 0 bridgehead atoms. The highest BCUT2D eigenvalue weighted by Crippen LogP contribution is 2.34. The van der Waals surface area contributed by atoms with Gasteiger partial charge in [-0.15, -0.1) is 0 Å². The normalized spacial score (nSPS) is 11.1. The Morgan fingerprint density at radius 2 is 2.00 bits per heavy atom. The molecule has 0 saturated heterocycles. The molecule has 0 saturated carbocycles. The number of halogens is 4. The SMILES string of the molecule is O=C(Nc1ccccc1C(F)(F)F)OCCCBr. The second-order valence-electron chi connectivity index (χ2n) is 3.35. The first-order valence-corrected chi connectivity index (χ1v) is 6.23. The molecule has 1 rings (SSSR count). The van der Waals surface area contributed by atoms with Crippen molar-refractivity contribution in [2.75, 3.05) is 17.3 Å². The Balaban J connectivity index is 2.70. The monoisotopic (exact) mass is 325 g/mol. The summed E-state index contributed by atoms with van der Waals surface area (Å²) in [6, 6.07) is 4.73. The summed E-state index contributed by atoms with van der Waals surface area (Å²) in [6.07, 6.45) is -4.82. The molecule has 18 heavy (non-hydrogen) atoms. The first-order chi connectivity index (χ1) is 8.45. The quantitative estimate of drug-likeness (QED) is 0.670. The molecule has 0 aliphatic heterocycles. The standard InChI is InChI=1S/C11H11BrF3NO2/c12-6-3-7-18-10(17)16-9-5-2-1-4-8(9)11(13,14)15/h1-2,4-5H,3,6-7H2,(H,16,17). The van der Waals surface area contributed by atoms with Gasteiger partial charge < -0.3 is 4.74 Å². The number of hydrogen-bond acceptors (Lipinski definition) is 2. The highest BCUT2D eigenvalue weighted by atomic mass is 79.9. The van der Waals surface area contributed by atoms with Gasteiger partial charge >= 0.3 is 12.3 Å². The summed E-state index contributed by atoms with van der Waals surface area (Å²) in [5.74, 6) is 0. The minimum atomic E-state index is -4.51. The third kappa shape index (κ3) is 4.56. The van der Waals surface area contributed by atoms with Crippen molar-refractivity contribution in [1.82, 2.24) is 0 Å². The van der Waals surface area contributed by atoms with Crippen molar-refractivity contribution in [2.24, 2.45) is 0 Å². The molecule has 0 radical (unpaired) electrons. The van der Waals surface area contributed by atoms with E-state index in [0.717, 1.165) is 6.07 Å². The number of hydrogen-bond donors (Lipinski definition) is 1. The summed E-state index contributed by atoms with van der Waals surface area (Å²) in [4.78, 5) is 11.3. The average Bonchev–Trinajstić information content (AvgIpc) is 2.28. The van der Waals surface area contributed by atoms with E-state index in [9.17, 15) is 18.0 Å². The molecule has 0 heterocycles. The fraction of sp³-hybridized carbons (Fsp3) is 0.364. The number of carbonyl (C=O) groups is 1. The fourth-order valence-corrected chi connectivity index (χ4v) is 1.43. The first-order valence-electron chi connectivity index (χ1n) is 5.11. The minimum absolute atomic E-state index is 0.144. The molecular weight excluding hydrogens is 315 g/mol. The average molecular weight is 326 g/mol. The van der Waals surface area contributed by atoms with Crippen molar-refractivity contribution in [2.45, 2.75) is 12.6 Å². The zero-order valence-electron chi connectivity index (χ0n) is 9.26. The third-order valence-electron chi connectivity index (χ3n) is 1.98. The van der Waals surface area contributed by atoms with E-state index in [1.165, 1.54) is 18.2 Å². The van der Waals surface area contributed by atoms with Crippen molar-refractivity contribution >= 4 is 27.7 Å². The fourth-order valence-electron chi connectivity index (χ4n) is 1.20. The molecule has 1 aromatic carbocycles. The second-order valence-corrected chi connectivity index (χ2v) is 4.14. The molecular formula is C11H11BrF3NO2. The molecule has 1 N–H and O–H groups in total. The van der Waals surface area contributed by atoms with E-state index in [0.29, 0.717) is 11.8 Å². The van der Waals surface area contributed by atoms with Gasteiger partial charge in [-0.1, -0.05) is 28.1 Å². The molecule has 0 spiro atoms. The van der Waals surface area contributed by atoms with Crippen LogP contribution in [-0.2, 0) is 10.9 Å². The molecule has 1 aromatic rings. The van der Waals surface area contributed by atoms with Gasteiger partial charge in [-0.3, -0.25) is 5.32 Å². The van der Waals surface area contributed by atoms with E-state index >= 15 is 0 Å². The van der Waals surface area contributed by atoms with Gasteiger partial charge in [0, 0.05) is 5.33 Å². The Bertz CT molecular complexity index is 410. The molecule has 0 fully saturated rings. The Hall–Kier alpha value is -1.24. The number of anilines is 1. The van der Waals surface area contributed by atoms with Gasteiger partial charge in [-0.2, -0.15) is 13.2 Å². The van der Waals surface area contributed by atoms with Crippen LogP contribution in [0, 0.1) is 0 Å². The Labute approximate surface area is 110 Å². The number of nitrogens with one attached hydrogen (secondary N) is 1. The van der Waals surface area contributed by atoms with Crippen LogP contribution in [0.1, 0.15) is 12.0 Å². The Morgan fingerprint density at radius 1 is 1.33 bits per heavy atom. The van der Waals surface area contributed by atoms with Gasteiger partial charge in [-0.25, -0.2) is 4.79 Å². The van der Waals surface area contributed by atoms with Gasteiger partial charge in [0.1, 0.15) is 0 Å². The second kappa shape index (κ2) is 6.63. The van der Waals surface area contributed by atoms with Crippen molar-refractivity contribution in [3.63, 3.8) is 0 Å². The topological polar surface area (TPSA) is 38.3 Å². The van der Waals surface area contributed by atoms with Gasteiger partial charge in [0.15, 0.2) is 0 Å². The lowest BCUT2D eigenvalue weighted by Crippen LogP contribution is -2.18. The van der Waals surface area contributed by atoms with Crippen LogP contribution in [0.15, 0.2) is 24.3 Å². The van der Waals surface area contributed by atoms with E-state index in [1.807, 2.05) is 0 Å². The summed E-state index contributed by atoms with van der Waals surface area (Å²) in [7, 11) is 0. The van der Waals surface area contributed by atoms with Crippen molar-refractivity contribution in [3.05, 3.63) is 29.8 Å². The molecule has 3 nitrogen and oxygen atoms in total. The maximum absolute atomic E-state index is 12.6. The molecule has 1 amide bonds. The lowest BCUT2D eigenvalue weighted by atomic mass is 10.2. The van der Waals surface area contributed by atoms with Crippen molar-refractivity contribution < 1.29 is 22.7 Å². The van der Waals surface area contributed by atoms with Gasteiger partial charge in [0.05, 0.1) is 17.9 Å². The number of para-hydroxylation sites is 1. The van der Waals surface area contributed by atoms with E-state index in [2.05, 4.69) is 21.2 Å². The number of benzene rings is 1. The first kappa shape index (κ1) is 14.8. The number of alkyl halides is 4. The molecule has 0 aliphatic rings. The summed E-state index contributed by atoms with van der Waals surface area (Å²) < 4.78 is 42.5. The maximum atomic E-state index is 12.6. The number of ether oxygens (including phenoxy) is 1. The van der Waals surface area contributed by atoms with Crippen LogP contribution >= 0.6 is 15.9 Å². The molecule has 0 aliphatic carbocycles. The lowest BCUT2D eigenvalue weighted by molar-refractivity contribution is -0.136. The molecule has 7 heteroatoms. The van der Waals surface area contributed by atoms with Gasteiger partial charge in [-0.05, 0) is 18.6 Å². The number of rotatable bonds is 4. The van der Waals surface area contributed by atoms with Crippen LogP contribution in [0.25, 0.3) is 0 Å². The van der Waals surface area contributed by atoms with Crippen LogP contribution in [0.4, 0.5) is 23.7 Å². The van der Waals surface area contributed by atoms with Crippen molar-refractivity contribution in [3.8, 4) is 0 Å². The zero-order chi connectivity index (χ0) is 13.6. The minimum Gasteiger partial charge on any atom is -0.449 e. The molecule has 0 aromatic heterocycles. The third-order valence-corrected chi connectivity index (χ3v) is 2.54. The van der Waals surface area contributed by atoms with E-state index in [1.54, 1.807) is 0 Å². The van der Waals surface area contributed by atoms with E-state index < -0.39 is 17.8 Å².